The average molecular weight is 432 g/mol. The molecule has 0 radical (unpaired) electrons. The van der Waals surface area contributed by atoms with Crippen molar-refractivity contribution in [2.75, 3.05) is 14.1 Å². The first-order chi connectivity index (χ1) is 15.3. The van der Waals surface area contributed by atoms with E-state index in [1.54, 1.807) is 63.6 Å². The number of aryl methyl sites for hydroxylation is 1. The Bertz CT molecular complexity index is 1320. The number of hydrogen-bond donors (Lipinski definition) is 0. The highest BCUT2D eigenvalue weighted by atomic mass is 16.6. The number of hydrogen-bond acceptors (Lipinski definition) is 8. The molecule has 0 saturated heterocycles. The maximum atomic E-state index is 12.1. The molecule has 1 amide bonds. The van der Waals surface area contributed by atoms with E-state index in [1.807, 2.05) is 0 Å². The molecule has 2 heterocycles. The van der Waals surface area contributed by atoms with Gasteiger partial charge in [-0.2, -0.15) is 0 Å². The number of carbonyl (C=O) groups is 1. The second-order valence-corrected chi connectivity index (χ2v) is 7.19. The van der Waals surface area contributed by atoms with Crippen LogP contribution in [0.15, 0.2) is 59.1 Å². The Labute approximate surface area is 184 Å². The number of nitrogens with zero attached hydrogens (tertiary/aromatic N) is 6. The van der Waals surface area contributed by atoms with Crippen molar-refractivity contribution in [3.05, 3.63) is 76.1 Å². The number of rotatable bonds is 5. The van der Waals surface area contributed by atoms with Crippen LogP contribution in [0.2, 0.25) is 0 Å². The first-order valence-electron chi connectivity index (χ1n) is 9.58. The highest BCUT2D eigenvalue weighted by Gasteiger charge is 2.18. The average Bonchev–Trinajstić information content (AvgIpc) is 3.29. The molecule has 2 aromatic carbocycles. The number of benzene rings is 2. The number of aromatic nitrogens is 4. The summed E-state index contributed by atoms with van der Waals surface area (Å²) in [6, 6.07) is 13.0. The van der Waals surface area contributed by atoms with Gasteiger partial charge in [-0.15, -0.1) is 10.2 Å². The molecule has 2 aromatic heterocycles. The number of amides is 1. The van der Waals surface area contributed by atoms with Gasteiger partial charge in [0.1, 0.15) is 5.69 Å². The lowest BCUT2D eigenvalue weighted by atomic mass is 10.1. The Balaban J connectivity index is 0.00000306. The zero-order chi connectivity index (χ0) is 22.8. The molecular weight excluding hydrogens is 412 g/mol. The molecule has 162 valence electrons. The van der Waals surface area contributed by atoms with E-state index in [0.29, 0.717) is 28.2 Å². The maximum absolute atomic E-state index is 12.1. The fourth-order valence-electron chi connectivity index (χ4n) is 3.02. The molecule has 0 N–H and O–H groups in total. The molecule has 10 heteroatoms. The van der Waals surface area contributed by atoms with Crippen molar-refractivity contribution < 1.29 is 15.6 Å². The molecule has 4 rings (SSSR count). The van der Waals surface area contributed by atoms with Crippen LogP contribution in [0.3, 0.4) is 0 Å². The molecule has 32 heavy (non-hydrogen) atoms. The summed E-state index contributed by atoms with van der Waals surface area (Å²) in [6.07, 6.45) is 1.62. The normalized spacial score (nSPS) is 10.7. The quantitative estimate of drug-likeness (QED) is 0.341. The van der Waals surface area contributed by atoms with Gasteiger partial charge in [0, 0.05) is 44.3 Å². The molecule has 0 unspecified atom stereocenters. The Morgan fingerprint density at radius 1 is 1.06 bits per heavy atom. The minimum absolute atomic E-state index is 0. The van der Waals surface area contributed by atoms with Crippen LogP contribution in [0.4, 0.5) is 5.69 Å². The zero-order valence-corrected chi connectivity index (χ0v) is 17.5. The maximum Gasteiger partial charge on any atom is 0.270 e. The van der Waals surface area contributed by atoms with Crippen LogP contribution in [-0.4, -0.2) is 50.0 Å². The van der Waals surface area contributed by atoms with Gasteiger partial charge in [0.25, 0.3) is 17.5 Å². The van der Waals surface area contributed by atoms with Gasteiger partial charge < -0.3 is 9.32 Å². The molecule has 0 atom stereocenters. The molecule has 0 aliphatic heterocycles. The SMILES string of the molecule is Cc1ncc(-c2ccc(C(=O)N(C)C)cc2)nc1-c1nnc(-c2cccc([N+](=O)[O-])c2)o1.[HH]. The third kappa shape index (κ3) is 4.06. The third-order valence-corrected chi connectivity index (χ3v) is 4.72. The van der Waals surface area contributed by atoms with Crippen molar-refractivity contribution in [1.29, 1.82) is 0 Å². The Hall–Kier alpha value is -4.47. The van der Waals surface area contributed by atoms with Gasteiger partial charge in [0.15, 0.2) is 0 Å². The summed E-state index contributed by atoms with van der Waals surface area (Å²) in [7, 11) is 3.39. The summed E-state index contributed by atoms with van der Waals surface area (Å²) in [4.78, 5) is 33.1. The van der Waals surface area contributed by atoms with Crippen LogP contribution in [0, 0.1) is 17.0 Å². The van der Waals surface area contributed by atoms with Crippen LogP contribution in [0.1, 0.15) is 17.5 Å². The van der Waals surface area contributed by atoms with Crippen molar-refractivity contribution in [2.24, 2.45) is 0 Å². The van der Waals surface area contributed by atoms with E-state index < -0.39 is 4.92 Å². The fraction of sp³-hybridized carbons (Fsp3) is 0.136. The van der Waals surface area contributed by atoms with E-state index in [2.05, 4.69) is 20.2 Å². The molecule has 0 aliphatic carbocycles. The van der Waals surface area contributed by atoms with Crippen molar-refractivity contribution in [3.63, 3.8) is 0 Å². The van der Waals surface area contributed by atoms with Gasteiger partial charge in [-0.1, -0.05) is 18.2 Å². The third-order valence-electron chi connectivity index (χ3n) is 4.72. The number of carbonyl (C=O) groups excluding carboxylic acids is 1. The van der Waals surface area contributed by atoms with E-state index >= 15 is 0 Å². The molecule has 0 spiro atoms. The smallest absolute Gasteiger partial charge is 0.270 e. The minimum Gasteiger partial charge on any atom is -0.415 e. The van der Waals surface area contributed by atoms with Crippen LogP contribution < -0.4 is 0 Å². The van der Waals surface area contributed by atoms with E-state index in [1.165, 1.54) is 17.0 Å². The Kier molecular flexibility index (Phi) is 5.42. The monoisotopic (exact) mass is 432 g/mol. The lowest BCUT2D eigenvalue weighted by molar-refractivity contribution is -0.384. The summed E-state index contributed by atoms with van der Waals surface area (Å²) in [5, 5.41) is 19.1. The summed E-state index contributed by atoms with van der Waals surface area (Å²) < 4.78 is 5.74. The van der Waals surface area contributed by atoms with E-state index in [9.17, 15) is 14.9 Å². The Morgan fingerprint density at radius 3 is 2.47 bits per heavy atom. The zero-order valence-electron chi connectivity index (χ0n) is 17.5. The molecule has 0 aliphatic rings. The largest absolute Gasteiger partial charge is 0.415 e. The first-order valence-corrected chi connectivity index (χ1v) is 9.58. The molecule has 0 saturated carbocycles. The van der Waals surface area contributed by atoms with Gasteiger partial charge in [-0.3, -0.25) is 19.9 Å². The second kappa shape index (κ2) is 8.34. The highest BCUT2D eigenvalue weighted by Crippen LogP contribution is 2.28. The molecule has 4 aromatic rings. The molecule has 0 fully saturated rings. The standard InChI is InChI=1S/C22H18N6O4.H2/c1-13-19(21-26-25-20(32-21)16-5-4-6-17(11-16)28(30)31)24-18(12-23-13)14-7-9-15(10-8-14)22(29)27(2)3;/h4-12H,1-3H3;1H. The van der Waals surface area contributed by atoms with Crippen LogP contribution in [-0.2, 0) is 0 Å². The van der Waals surface area contributed by atoms with Crippen LogP contribution in [0.5, 0.6) is 0 Å². The number of nitro benzene ring substituents is 1. The number of non-ortho nitro benzene ring substituents is 1. The van der Waals surface area contributed by atoms with E-state index in [0.717, 1.165) is 5.56 Å². The summed E-state index contributed by atoms with van der Waals surface area (Å²) in [6.45, 7) is 1.77. The van der Waals surface area contributed by atoms with Gasteiger partial charge in [-0.05, 0) is 25.1 Å². The highest BCUT2D eigenvalue weighted by molar-refractivity contribution is 5.94. The Morgan fingerprint density at radius 2 is 1.78 bits per heavy atom. The minimum atomic E-state index is -0.489. The first kappa shape index (κ1) is 20.8. The van der Waals surface area contributed by atoms with Gasteiger partial charge >= 0.3 is 0 Å². The lowest BCUT2D eigenvalue weighted by Gasteiger charge is -2.10. The summed E-state index contributed by atoms with van der Waals surface area (Å²) in [5.74, 6) is 0.200. The summed E-state index contributed by atoms with van der Waals surface area (Å²) in [5.41, 5.74) is 3.26. The van der Waals surface area contributed by atoms with Crippen molar-refractivity contribution in [1.82, 2.24) is 25.1 Å². The van der Waals surface area contributed by atoms with Crippen molar-refractivity contribution in [3.8, 4) is 34.3 Å². The summed E-state index contributed by atoms with van der Waals surface area (Å²) >= 11 is 0. The lowest BCUT2D eigenvalue weighted by Crippen LogP contribution is -2.21. The topological polar surface area (TPSA) is 128 Å². The fourth-order valence-corrected chi connectivity index (χ4v) is 3.02. The molecular formula is C22H20N6O4. The predicted molar refractivity (Wildman–Crippen MR) is 118 cm³/mol. The number of nitro groups is 1. The van der Waals surface area contributed by atoms with Crippen LogP contribution >= 0.6 is 0 Å². The molecule has 10 nitrogen and oxygen atoms in total. The van der Waals surface area contributed by atoms with E-state index in [4.69, 9.17) is 4.42 Å². The van der Waals surface area contributed by atoms with Gasteiger partial charge in [-0.25, -0.2) is 4.98 Å². The van der Waals surface area contributed by atoms with Gasteiger partial charge in [0.05, 0.1) is 22.5 Å². The predicted octanol–water partition coefficient (Wildman–Crippen LogP) is 4.03. The van der Waals surface area contributed by atoms with Crippen molar-refractivity contribution >= 4 is 11.6 Å². The van der Waals surface area contributed by atoms with Crippen molar-refractivity contribution in [2.45, 2.75) is 6.92 Å². The van der Waals surface area contributed by atoms with Gasteiger partial charge in [0.2, 0.25) is 5.89 Å². The second-order valence-electron chi connectivity index (χ2n) is 7.19. The van der Waals surface area contributed by atoms with Crippen LogP contribution in [0.25, 0.3) is 34.3 Å². The molecule has 0 bridgehead atoms. The van der Waals surface area contributed by atoms with E-state index in [-0.39, 0.29) is 24.8 Å².